The first-order valence-corrected chi connectivity index (χ1v) is 5.12. The van der Waals surface area contributed by atoms with Crippen LogP contribution in [-0.4, -0.2) is 46.2 Å². The predicted octanol–water partition coefficient (Wildman–Crippen LogP) is -0.603. The van der Waals surface area contributed by atoms with Gasteiger partial charge >= 0.3 is 0 Å². The maximum atomic E-state index is 9.58. The van der Waals surface area contributed by atoms with Crippen molar-refractivity contribution in [2.24, 2.45) is 0 Å². The quantitative estimate of drug-likeness (QED) is 0.362. The summed E-state index contributed by atoms with van der Waals surface area (Å²) in [4.78, 5) is 0. The monoisotopic (exact) mass is 201 g/mol. The zero-order chi connectivity index (χ0) is 10.6. The second-order valence-electron chi connectivity index (χ2n) is 3.69. The number of unbranched alkanes of at least 4 members (excludes halogenated alkanes) is 1. The molecule has 0 bridgehead atoms. The van der Waals surface area contributed by atoms with Crippen molar-refractivity contribution in [2.45, 2.75) is 44.1 Å². The third-order valence-corrected chi connectivity index (χ3v) is 2.49. The summed E-state index contributed by atoms with van der Waals surface area (Å²) in [5.41, 5.74) is 0. The van der Waals surface area contributed by atoms with Crippen LogP contribution in [0.25, 0.3) is 0 Å². The van der Waals surface area contributed by atoms with Gasteiger partial charge in [-0.15, -0.1) is 0 Å². The van der Waals surface area contributed by atoms with Crippen LogP contribution in [0.2, 0.25) is 0 Å². The Morgan fingerprint density at radius 2 is 1.86 bits per heavy atom. The average molecular weight is 201 g/mol. The van der Waals surface area contributed by atoms with Gasteiger partial charge in [0.1, 0.15) is 18.3 Å². The SMILES string of the molecule is CCCCN[C@@H]1C=C[C@H](O)[C@H](O)[C@H]1O. The van der Waals surface area contributed by atoms with Gasteiger partial charge in [-0.1, -0.05) is 25.5 Å². The summed E-state index contributed by atoms with van der Waals surface area (Å²) >= 11 is 0. The molecule has 1 aliphatic rings. The van der Waals surface area contributed by atoms with E-state index in [0.29, 0.717) is 0 Å². The highest BCUT2D eigenvalue weighted by atomic mass is 16.4. The molecule has 0 saturated heterocycles. The van der Waals surface area contributed by atoms with Gasteiger partial charge in [0.15, 0.2) is 0 Å². The molecule has 14 heavy (non-hydrogen) atoms. The third kappa shape index (κ3) is 2.78. The van der Waals surface area contributed by atoms with Crippen LogP contribution < -0.4 is 5.32 Å². The highest BCUT2D eigenvalue weighted by Gasteiger charge is 2.32. The van der Waals surface area contributed by atoms with E-state index < -0.39 is 18.3 Å². The fourth-order valence-electron chi connectivity index (χ4n) is 1.51. The van der Waals surface area contributed by atoms with Crippen molar-refractivity contribution in [3.05, 3.63) is 12.2 Å². The maximum Gasteiger partial charge on any atom is 0.111 e. The van der Waals surface area contributed by atoms with Crippen molar-refractivity contribution in [2.75, 3.05) is 6.54 Å². The lowest BCUT2D eigenvalue weighted by molar-refractivity contribution is -0.0564. The second-order valence-corrected chi connectivity index (χ2v) is 3.69. The van der Waals surface area contributed by atoms with E-state index in [0.717, 1.165) is 19.4 Å². The lowest BCUT2D eigenvalue weighted by Gasteiger charge is -2.31. The molecule has 4 nitrogen and oxygen atoms in total. The third-order valence-electron chi connectivity index (χ3n) is 2.49. The first kappa shape index (κ1) is 11.7. The molecule has 1 rings (SSSR count). The molecular weight excluding hydrogens is 182 g/mol. The van der Waals surface area contributed by atoms with E-state index >= 15 is 0 Å². The summed E-state index contributed by atoms with van der Waals surface area (Å²) < 4.78 is 0. The van der Waals surface area contributed by atoms with Crippen LogP contribution in [-0.2, 0) is 0 Å². The summed E-state index contributed by atoms with van der Waals surface area (Å²) in [5, 5.41) is 31.3. The van der Waals surface area contributed by atoms with Crippen molar-refractivity contribution >= 4 is 0 Å². The van der Waals surface area contributed by atoms with Crippen LogP contribution in [0.5, 0.6) is 0 Å². The fourth-order valence-corrected chi connectivity index (χ4v) is 1.51. The largest absolute Gasteiger partial charge is 0.388 e. The molecule has 4 atom stereocenters. The van der Waals surface area contributed by atoms with Crippen molar-refractivity contribution in [1.82, 2.24) is 5.32 Å². The standard InChI is InChI=1S/C10H19NO3/c1-2-3-6-11-7-4-5-8(12)10(14)9(7)13/h4-5,7-14H,2-3,6H2,1H3/t7-,8+,9+,10+/m1/s1. The Labute approximate surface area is 84.3 Å². The van der Waals surface area contributed by atoms with Gasteiger partial charge in [-0.2, -0.15) is 0 Å². The number of nitrogens with one attached hydrogen (secondary N) is 1. The number of aliphatic hydroxyl groups is 3. The zero-order valence-corrected chi connectivity index (χ0v) is 8.43. The smallest absolute Gasteiger partial charge is 0.111 e. The molecule has 0 unspecified atom stereocenters. The van der Waals surface area contributed by atoms with Gasteiger partial charge in [0.2, 0.25) is 0 Å². The molecule has 0 aromatic rings. The van der Waals surface area contributed by atoms with Gasteiger partial charge < -0.3 is 20.6 Å². The summed E-state index contributed by atoms with van der Waals surface area (Å²) in [6.45, 7) is 2.90. The van der Waals surface area contributed by atoms with Crippen LogP contribution >= 0.6 is 0 Å². The molecule has 4 N–H and O–H groups in total. The number of hydrogen-bond donors (Lipinski definition) is 4. The van der Waals surface area contributed by atoms with Gasteiger partial charge in [0.25, 0.3) is 0 Å². The maximum absolute atomic E-state index is 9.58. The zero-order valence-electron chi connectivity index (χ0n) is 8.43. The molecular formula is C10H19NO3. The Morgan fingerprint density at radius 3 is 2.50 bits per heavy atom. The molecule has 1 aliphatic carbocycles. The fraction of sp³-hybridized carbons (Fsp3) is 0.800. The number of rotatable bonds is 4. The Morgan fingerprint density at radius 1 is 1.14 bits per heavy atom. The first-order chi connectivity index (χ1) is 6.66. The van der Waals surface area contributed by atoms with Gasteiger partial charge in [-0.25, -0.2) is 0 Å². The van der Waals surface area contributed by atoms with Crippen LogP contribution in [0.1, 0.15) is 19.8 Å². The van der Waals surface area contributed by atoms with Crippen LogP contribution in [0, 0.1) is 0 Å². The molecule has 0 aromatic carbocycles. The Hall–Kier alpha value is -0.420. The van der Waals surface area contributed by atoms with Crippen molar-refractivity contribution in [3.8, 4) is 0 Å². The molecule has 0 saturated carbocycles. The van der Waals surface area contributed by atoms with Crippen molar-refractivity contribution in [1.29, 1.82) is 0 Å². The minimum Gasteiger partial charge on any atom is -0.388 e. The molecule has 0 heterocycles. The Bertz CT molecular complexity index is 196. The number of hydrogen-bond acceptors (Lipinski definition) is 4. The van der Waals surface area contributed by atoms with E-state index in [4.69, 9.17) is 0 Å². The molecule has 0 amide bonds. The minimum absolute atomic E-state index is 0.250. The lowest BCUT2D eigenvalue weighted by atomic mass is 9.94. The summed E-state index contributed by atoms with van der Waals surface area (Å²) in [7, 11) is 0. The van der Waals surface area contributed by atoms with E-state index in [-0.39, 0.29) is 6.04 Å². The summed E-state index contributed by atoms with van der Waals surface area (Å²) in [6.07, 6.45) is 2.39. The first-order valence-electron chi connectivity index (χ1n) is 5.12. The van der Waals surface area contributed by atoms with Gasteiger partial charge in [-0.3, -0.25) is 0 Å². The Kier molecular flexibility index (Phi) is 4.54. The van der Waals surface area contributed by atoms with E-state index in [1.54, 1.807) is 6.08 Å². The van der Waals surface area contributed by atoms with Crippen molar-refractivity contribution in [3.63, 3.8) is 0 Å². The molecule has 4 heteroatoms. The molecule has 0 aromatic heterocycles. The minimum atomic E-state index is -1.08. The van der Waals surface area contributed by atoms with Gasteiger partial charge in [0.05, 0.1) is 6.04 Å². The van der Waals surface area contributed by atoms with E-state index in [9.17, 15) is 15.3 Å². The van der Waals surface area contributed by atoms with E-state index in [1.165, 1.54) is 6.08 Å². The lowest BCUT2D eigenvalue weighted by Crippen LogP contribution is -2.52. The average Bonchev–Trinajstić information content (AvgIpc) is 2.18. The molecule has 0 radical (unpaired) electrons. The van der Waals surface area contributed by atoms with Gasteiger partial charge in [-0.05, 0) is 13.0 Å². The predicted molar refractivity (Wildman–Crippen MR) is 53.9 cm³/mol. The van der Waals surface area contributed by atoms with Crippen LogP contribution in [0.4, 0.5) is 0 Å². The molecule has 0 fully saturated rings. The molecule has 82 valence electrons. The topological polar surface area (TPSA) is 72.7 Å². The highest BCUT2D eigenvalue weighted by Crippen LogP contribution is 2.13. The summed E-state index contributed by atoms with van der Waals surface area (Å²) in [6, 6.07) is -0.250. The summed E-state index contributed by atoms with van der Waals surface area (Å²) in [5.74, 6) is 0. The molecule has 0 aliphatic heterocycles. The Balaban J connectivity index is 2.41. The number of aliphatic hydroxyl groups excluding tert-OH is 3. The van der Waals surface area contributed by atoms with Crippen molar-refractivity contribution < 1.29 is 15.3 Å². The normalized spacial score (nSPS) is 37.4. The van der Waals surface area contributed by atoms with E-state index in [2.05, 4.69) is 12.2 Å². The van der Waals surface area contributed by atoms with Crippen LogP contribution in [0.3, 0.4) is 0 Å². The van der Waals surface area contributed by atoms with E-state index in [1.807, 2.05) is 0 Å². The van der Waals surface area contributed by atoms with Gasteiger partial charge in [0, 0.05) is 0 Å². The second kappa shape index (κ2) is 5.46. The highest BCUT2D eigenvalue weighted by molar-refractivity contribution is 5.10. The van der Waals surface area contributed by atoms with Crippen LogP contribution in [0.15, 0.2) is 12.2 Å². The molecule has 0 spiro atoms.